The molecule has 1 aliphatic rings. The fourth-order valence-corrected chi connectivity index (χ4v) is 3.35. The van der Waals surface area contributed by atoms with Gasteiger partial charge in [-0.2, -0.15) is 0 Å². The molecule has 1 saturated heterocycles. The first-order valence-electron chi connectivity index (χ1n) is 9.87. The van der Waals surface area contributed by atoms with Crippen molar-refractivity contribution in [2.45, 2.75) is 13.3 Å². The molecule has 0 unspecified atom stereocenters. The largest absolute Gasteiger partial charge is 0.367 e. The Labute approximate surface area is 166 Å². The SMILES string of the molecule is CCN1CCN(c2ccccc2NC(=O)CCNC(=O)c2ccccc2)CC1. The first kappa shape index (κ1) is 19.9. The van der Waals surface area contributed by atoms with Crippen molar-refractivity contribution in [3.63, 3.8) is 0 Å². The maximum absolute atomic E-state index is 12.4. The molecule has 6 nitrogen and oxygen atoms in total. The number of anilines is 2. The van der Waals surface area contributed by atoms with E-state index in [1.165, 1.54) is 0 Å². The van der Waals surface area contributed by atoms with E-state index in [0.717, 1.165) is 44.1 Å². The summed E-state index contributed by atoms with van der Waals surface area (Å²) >= 11 is 0. The molecule has 1 fully saturated rings. The fraction of sp³-hybridized carbons (Fsp3) is 0.364. The molecule has 2 aromatic rings. The minimum atomic E-state index is -0.164. The van der Waals surface area contributed by atoms with Crippen LogP contribution in [0.4, 0.5) is 11.4 Å². The van der Waals surface area contributed by atoms with E-state index in [0.29, 0.717) is 12.1 Å². The van der Waals surface area contributed by atoms with E-state index < -0.39 is 0 Å². The topological polar surface area (TPSA) is 64.7 Å². The molecular formula is C22H28N4O2. The number of carbonyl (C=O) groups excluding carboxylic acids is 2. The van der Waals surface area contributed by atoms with Crippen LogP contribution >= 0.6 is 0 Å². The van der Waals surface area contributed by atoms with Gasteiger partial charge in [-0.05, 0) is 30.8 Å². The van der Waals surface area contributed by atoms with E-state index in [2.05, 4.69) is 27.4 Å². The highest BCUT2D eigenvalue weighted by atomic mass is 16.2. The summed E-state index contributed by atoms with van der Waals surface area (Å²) < 4.78 is 0. The Kier molecular flexibility index (Phi) is 7.03. The van der Waals surface area contributed by atoms with E-state index in [4.69, 9.17) is 0 Å². The fourth-order valence-electron chi connectivity index (χ4n) is 3.35. The van der Waals surface area contributed by atoms with Crippen LogP contribution in [0.3, 0.4) is 0 Å². The lowest BCUT2D eigenvalue weighted by Crippen LogP contribution is -2.46. The van der Waals surface area contributed by atoms with Crippen LogP contribution in [0.5, 0.6) is 0 Å². The van der Waals surface area contributed by atoms with Crippen LogP contribution in [0.1, 0.15) is 23.7 Å². The Hall–Kier alpha value is -2.86. The van der Waals surface area contributed by atoms with E-state index in [-0.39, 0.29) is 18.2 Å². The van der Waals surface area contributed by atoms with Gasteiger partial charge in [0.1, 0.15) is 0 Å². The average molecular weight is 380 g/mol. The zero-order valence-corrected chi connectivity index (χ0v) is 16.4. The predicted octanol–water partition coefficient (Wildman–Crippen LogP) is 2.59. The number of carbonyl (C=O) groups is 2. The first-order valence-corrected chi connectivity index (χ1v) is 9.87. The number of nitrogens with zero attached hydrogens (tertiary/aromatic N) is 2. The average Bonchev–Trinajstić information content (AvgIpc) is 2.75. The molecule has 1 aliphatic heterocycles. The molecule has 2 aromatic carbocycles. The molecular weight excluding hydrogens is 352 g/mol. The van der Waals surface area contributed by atoms with E-state index in [1.54, 1.807) is 12.1 Å². The summed E-state index contributed by atoms with van der Waals surface area (Å²) in [6.45, 7) is 7.52. The summed E-state index contributed by atoms with van der Waals surface area (Å²) in [6, 6.07) is 16.9. The molecule has 0 aliphatic carbocycles. The lowest BCUT2D eigenvalue weighted by Gasteiger charge is -2.36. The van der Waals surface area contributed by atoms with Crippen molar-refractivity contribution in [1.82, 2.24) is 10.2 Å². The highest BCUT2D eigenvalue weighted by Gasteiger charge is 2.18. The molecule has 0 spiro atoms. The molecule has 148 valence electrons. The van der Waals surface area contributed by atoms with Crippen LogP contribution < -0.4 is 15.5 Å². The Morgan fingerprint density at radius 2 is 1.61 bits per heavy atom. The van der Waals surface area contributed by atoms with Gasteiger partial charge >= 0.3 is 0 Å². The number of likely N-dealkylation sites (N-methyl/N-ethyl adjacent to an activating group) is 1. The molecule has 2 amide bonds. The third-order valence-electron chi connectivity index (χ3n) is 5.01. The smallest absolute Gasteiger partial charge is 0.251 e. The molecule has 2 N–H and O–H groups in total. The highest BCUT2D eigenvalue weighted by molar-refractivity contribution is 5.96. The molecule has 28 heavy (non-hydrogen) atoms. The number of amides is 2. The summed E-state index contributed by atoms with van der Waals surface area (Å²) in [6.07, 6.45) is 0.233. The number of benzene rings is 2. The lowest BCUT2D eigenvalue weighted by molar-refractivity contribution is -0.116. The number of hydrogen-bond donors (Lipinski definition) is 2. The van der Waals surface area contributed by atoms with Crippen molar-refractivity contribution in [3.8, 4) is 0 Å². The quantitative estimate of drug-likeness (QED) is 0.775. The van der Waals surface area contributed by atoms with Crippen LogP contribution in [0, 0.1) is 0 Å². The van der Waals surface area contributed by atoms with Crippen molar-refractivity contribution < 1.29 is 9.59 Å². The van der Waals surface area contributed by atoms with Gasteiger partial charge in [0, 0.05) is 44.7 Å². The third kappa shape index (κ3) is 5.33. The minimum absolute atomic E-state index is 0.104. The van der Waals surface area contributed by atoms with Gasteiger partial charge in [-0.25, -0.2) is 0 Å². The van der Waals surface area contributed by atoms with Crippen LogP contribution in [-0.2, 0) is 4.79 Å². The zero-order valence-electron chi connectivity index (χ0n) is 16.4. The van der Waals surface area contributed by atoms with Crippen LogP contribution in [0.15, 0.2) is 54.6 Å². The summed E-state index contributed by atoms with van der Waals surface area (Å²) in [4.78, 5) is 29.2. The van der Waals surface area contributed by atoms with E-state index in [9.17, 15) is 9.59 Å². The Morgan fingerprint density at radius 3 is 2.32 bits per heavy atom. The van der Waals surface area contributed by atoms with Crippen molar-refractivity contribution in [2.75, 3.05) is 49.5 Å². The van der Waals surface area contributed by atoms with Gasteiger partial charge in [-0.15, -0.1) is 0 Å². The van der Waals surface area contributed by atoms with Gasteiger partial charge in [-0.1, -0.05) is 37.3 Å². The molecule has 1 heterocycles. The second-order valence-electron chi connectivity index (χ2n) is 6.86. The predicted molar refractivity (Wildman–Crippen MR) is 113 cm³/mol. The summed E-state index contributed by atoms with van der Waals surface area (Å²) in [5, 5.41) is 5.79. The van der Waals surface area contributed by atoms with Crippen LogP contribution in [0.2, 0.25) is 0 Å². The monoisotopic (exact) mass is 380 g/mol. The number of nitrogens with one attached hydrogen (secondary N) is 2. The van der Waals surface area contributed by atoms with Crippen molar-refractivity contribution in [3.05, 3.63) is 60.2 Å². The number of rotatable bonds is 7. The van der Waals surface area contributed by atoms with Gasteiger partial charge in [0.15, 0.2) is 0 Å². The summed E-state index contributed by atoms with van der Waals surface area (Å²) in [5.74, 6) is -0.268. The van der Waals surface area contributed by atoms with Gasteiger partial charge in [-0.3, -0.25) is 9.59 Å². The normalized spacial score (nSPS) is 14.5. The molecule has 0 atom stereocenters. The first-order chi connectivity index (χ1) is 13.7. The number of para-hydroxylation sites is 2. The Bertz CT molecular complexity index is 786. The molecule has 0 radical (unpaired) electrons. The number of piperazine rings is 1. The van der Waals surface area contributed by atoms with Crippen molar-refractivity contribution in [1.29, 1.82) is 0 Å². The number of hydrogen-bond acceptors (Lipinski definition) is 4. The van der Waals surface area contributed by atoms with Crippen LogP contribution in [0.25, 0.3) is 0 Å². The van der Waals surface area contributed by atoms with Gasteiger partial charge in [0.05, 0.1) is 11.4 Å². The molecule has 0 bridgehead atoms. The lowest BCUT2D eigenvalue weighted by atomic mass is 10.2. The second-order valence-corrected chi connectivity index (χ2v) is 6.86. The Morgan fingerprint density at radius 1 is 0.929 bits per heavy atom. The highest BCUT2D eigenvalue weighted by Crippen LogP contribution is 2.26. The molecule has 3 rings (SSSR count). The van der Waals surface area contributed by atoms with Gasteiger partial charge in [0.25, 0.3) is 5.91 Å². The van der Waals surface area contributed by atoms with Crippen LogP contribution in [-0.4, -0.2) is 56.0 Å². The summed E-state index contributed by atoms with van der Waals surface area (Å²) in [7, 11) is 0. The zero-order chi connectivity index (χ0) is 19.8. The van der Waals surface area contributed by atoms with Gasteiger partial charge in [0.2, 0.25) is 5.91 Å². The summed E-state index contributed by atoms with van der Waals surface area (Å²) in [5.41, 5.74) is 2.48. The van der Waals surface area contributed by atoms with Crippen molar-refractivity contribution in [2.24, 2.45) is 0 Å². The molecule has 6 heteroatoms. The third-order valence-corrected chi connectivity index (χ3v) is 5.01. The second kappa shape index (κ2) is 9.90. The maximum atomic E-state index is 12.4. The maximum Gasteiger partial charge on any atom is 0.251 e. The standard InChI is InChI=1S/C22H28N4O2/c1-2-25-14-16-26(17-15-25)20-11-7-6-10-19(20)24-21(27)12-13-23-22(28)18-8-4-3-5-9-18/h3-11H,2,12-17H2,1H3,(H,23,28)(H,24,27). The van der Waals surface area contributed by atoms with Gasteiger partial charge < -0.3 is 20.4 Å². The molecule has 0 saturated carbocycles. The van der Waals surface area contributed by atoms with E-state index in [1.807, 2.05) is 42.5 Å². The molecule has 0 aromatic heterocycles. The Balaban J connectivity index is 1.51. The minimum Gasteiger partial charge on any atom is -0.367 e. The van der Waals surface area contributed by atoms with E-state index >= 15 is 0 Å². The van der Waals surface area contributed by atoms with Crippen molar-refractivity contribution >= 4 is 23.2 Å².